The summed E-state index contributed by atoms with van der Waals surface area (Å²) in [6.07, 6.45) is -2.49. The van der Waals surface area contributed by atoms with Crippen molar-refractivity contribution in [3.05, 3.63) is 83.7 Å². The van der Waals surface area contributed by atoms with Crippen molar-refractivity contribution in [2.24, 2.45) is 16.9 Å². The van der Waals surface area contributed by atoms with Crippen LogP contribution in [0.2, 0.25) is 0 Å². The zero-order valence-corrected chi connectivity index (χ0v) is 34.9. The third-order valence-electron chi connectivity index (χ3n) is 9.50. The molecule has 62 heavy (non-hydrogen) atoms. The number of ketones is 1. The molecule has 15 nitrogen and oxygen atoms in total. The summed E-state index contributed by atoms with van der Waals surface area (Å²) in [6.45, 7) is 6.59. The van der Waals surface area contributed by atoms with Gasteiger partial charge in [0.15, 0.2) is 5.78 Å². The largest absolute Gasteiger partial charge is 0.490 e. The number of nitrogens with two attached hydrogens (primary N) is 2. The number of nitrogens with one attached hydrogen (secondary N) is 2. The predicted octanol–water partition coefficient (Wildman–Crippen LogP) is 4.29. The van der Waals surface area contributed by atoms with Gasteiger partial charge in [-0.15, -0.1) is 0 Å². The number of carbonyl (C=O) groups excluding carboxylic acids is 4. The third-order valence-corrected chi connectivity index (χ3v) is 9.50. The number of hydrogen-bond acceptors (Lipinski definition) is 9. The van der Waals surface area contributed by atoms with E-state index >= 15 is 4.39 Å². The fraction of sp³-hybridized carbons (Fsp3) is 0.476. The minimum atomic E-state index is -5.08. The molecule has 0 aliphatic rings. The van der Waals surface area contributed by atoms with Gasteiger partial charge in [-0.25, -0.2) is 18.4 Å². The van der Waals surface area contributed by atoms with Crippen molar-refractivity contribution in [2.75, 3.05) is 19.7 Å². The van der Waals surface area contributed by atoms with Gasteiger partial charge in [-0.05, 0) is 73.9 Å². The fourth-order valence-corrected chi connectivity index (χ4v) is 6.56. The van der Waals surface area contributed by atoms with Crippen LogP contribution in [-0.2, 0) is 35.3 Å². The number of aliphatic hydroxyl groups excluding tert-OH is 1. The molecule has 4 atom stereocenters. The summed E-state index contributed by atoms with van der Waals surface area (Å²) in [4.78, 5) is 73.7. The molecule has 0 saturated heterocycles. The van der Waals surface area contributed by atoms with Crippen LogP contribution in [0.25, 0.3) is 11.1 Å². The fourth-order valence-electron chi connectivity index (χ4n) is 6.56. The molecule has 0 saturated carbocycles. The number of rotatable bonds is 21. The third kappa shape index (κ3) is 16.6. The maximum absolute atomic E-state index is 15.1. The molecule has 3 aromatic rings. The number of unbranched alkanes of at least 4 members (excludes halogenated alkanes) is 1. The van der Waals surface area contributed by atoms with Crippen molar-refractivity contribution in [1.29, 1.82) is 0 Å². The van der Waals surface area contributed by atoms with Crippen molar-refractivity contribution < 1.29 is 66.0 Å². The van der Waals surface area contributed by atoms with Crippen LogP contribution < -0.4 is 22.1 Å². The van der Waals surface area contributed by atoms with Crippen molar-refractivity contribution in [3.8, 4) is 11.1 Å². The van der Waals surface area contributed by atoms with Crippen molar-refractivity contribution in [1.82, 2.24) is 20.1 Å². The highest BCUT2D eigenvalue weighted by atomic mass is 19.4. The molecule has 3 rings (SSSR count). The molecule has 342 valence electrons. The van der Waals surface area contributed by atoms with Gasteiger partial charge in [-0.3, -0.25) is 19.2 Å². The van der Waals surface area contributed by atoms with E-state index in [1.807, 2.05) is 55.7 Å². The van der Waals surface area contributed by atoms with E-state index in [9.17, 15) is 51.7 Å². The minimum Gasteiger partial charge on any atom is -0.480 e. The Morgan fingerprint density at radius 3 is 2.03 bits per heavy atom. The first-order chi connectivity index (χ1) is 28.9. The Bertz CT molecular complexity index is 1990. The van der Waals surface area contributed by atoms with Crippen LogP contribution in [0.3, 0.4) is 0 Å². The molecule has 0 radical (unpaired) electrons. The SMILES string of the molecule is CC(=O)N[C@@H](CCCCN)C(=O)CC[C@@H](NC(=O)[C@@H](N)CCN(C(=O)CO)[C@@H](c1cc(-c2cc(F)ccc2F)cn1Cc1ccccc1)C(C)(C)C)C(=O)O.O=C(O)C(F)(F)F. The van der Waals surface area contributed by atoms with Gasteiger partial charge < -0.3 is 46.9 Å². The lowest BCUT2D eigenvalue weighted by molar-refractivity contribution is -0.192. The average molecular weight is 883 g/mol. The first-order valence-electron chi connectivity index (χ1n) is 19.6. The Morgan fingerprint density at radius 1 is 0.871 bits per heavy atom. The Hall–Kier alpha value is -5.73. The highest BCUT2D eigenvalue weighted by Gasteiger charge is 2.39. The topological polar surface area (TPSA) is 247 Å². The standard InChI is InChI=1S/C40H54F2N6O7.C2HF3O2/c1-25(50)45-32(12-8-9-18-43)35(51)16-15-33(39(54)55)46-38(53)31(44)17-19-48(36(52)24-49)37(40(2,3)4)34-20-27(29-21-28(41)13-14-30(29)42)23-47(34)22-26-10-6-5-7-11-26;3-2(4,5)1(6)7/h5-7,10-11,13-14,20-21,23,31-33,37,49H,8-9,12,15-19,22,24,43-44H2,1-4H3,(H,45,50)(H,46,53)(H,54,55);(H,6,7)/t31-,32-,33+,37-;/m0./s1. The van der Waals surface area contributed by atoms with E-state index in [2.05, 4.69) is 10.6 Å². The number of aliphatic hydroxyl groups is 1. The molecular formula is C42H55F5N6O9. The van der Waals surface area contributed by atoms with Gasteiger partial charge >= 0.3 is 18.1 Å². The van der Waals surface area contributed by atoms with Gasteiger partial charge in [-0.2, -0.15) is 13.2 Å². The zero-order valence-electron chi connectivity index (χ0n) is 34.9. The number of carbonyl (C=O) groups is 6. The second-order valence-corrected chi connectivity index (χ2v) is 15.5. The number of benzene rings is 2. The number of aliphatic carboxylic acids is 2. The Labute approximate surface area is 355 Å². The first-order valence-corrected chi connectivity index (χ1v) is 19.6. The maximum Gasteiger partial charge on any atom is 0.490 e. The van der Waals surface area contributed by atoms with Gasteiger partial charge in [0.05, 0.1) is 18.1 Å². The van der Waals surface area contributed by atoms with E-state index in [4.69, 9.17) is 21.4 Å². The molecule has 1 aromatic heterocycles. The number of hydrogen-bond donors (Lipinski definition) is 7. The summed E-state index contributed by atoms with van der Waals surface area (Å²) >= 11 is 0. The number of Topliss-reactive ketones (excluding diaryl/α,β-unsaturated/α-hetero) is 1. The lowest BCUT2D eigenvalue weighted by atomic mass is 9.82. The second kappa shape index (κ2) is 24.1. The number of alkyl halides is 3. The van der Waals surface area contributed by atoms with Crippen LogP contribution in [0.15, 0.2) is 60.8 Å². The number of halogens is 5. The maximum atomic E-state index is 15.1. The Kier molecular flexibility index (Phi) is 20.3. The van der Waals surface area contributed by atoms with E-state index in [1.165, 1.54) is 11.8 Å². The van der Waals surface area contributed by atoms with Gasteiger partial charge in [0.2, 0.25) is 17.7 Å². The Morgan fingerprint density at radius 2 is 1.50 bits per heavy atom. The molecule has 3 amide bonds. The summed E-state index contributed by atoms with van der Waals surface area (Å²) < 4.78 is 62.9. The van der Waals surface area contributed by atoms with Crippen molar-refractivity contribution in [2.45, 2.75) is 103 Å². The molecule has 0 aliphatic carbocycles. The van der Waals surface area contributed by atoms with Crippen LogP contribution >= 0.6 is 0 Å². The quantitative estimate of drug-likeness (QED) is 0.0588. The normalized spacial score (nSPS) is 13.4. The first kappa shape index (κ1) is 52.4. The summed E-state index contributed by atoms with van der Waals surface area (Å²) in [5, 5.41) is 32.1. The van der Waals surface area contributed by atoms with E-state index in [-0.39, 0.29) is 37.2 Å². The van der Waals surface area contributed by atoms with Crippen LogP contribution in [-0.4, -0.2) is 104 Å². The molecule has 0 bridgehead atoms. The molecule has 1 heterocycles. The van der Waals surface area contributed by atoms with Crippen LogP contribution in [0, 0.1) is 17.0 Å². The molecule has 0 fully saturated rings. The van der Waals surface area contributed by atoms with Gasteiger partial charge in [0.25, 0.3) is 0 Å². The number of aromatic nitrogens is 1. The predicted molar refractivity (Wildman–Crippen MR) is 217 cm³/mol. The minimum absolute atomic E-state index is 0.0198. The molecule has 9 N–H and O–H groups in total. The van der Waals surface area contributed by atoms with Gasteiger partial charge in [-0.1, -0.05) is 51.1 Å². The number of nitrogens with zero attached hydrogens (tertiary/aromatic N) is 2. The highest BCUT2D eigenvalue weighted by Crippen LogP contribution is 2.41. The van der Waals surface area contributed by atoms with E-state index in [1.54, 1.807) is 12.3 Å². The number of amides is 3. The van der Waals surface area contributed by atoms with E-state index < -0.39 is 83.7 Å². The average Bonchev–Trinajstić information content (AvgIpc) is 3.59. The summed E-state index contributed by atoms with van der Waals surface area (Å²) in [5.41, 5.74) is 12.9. The Balaban J connectivity index is 0.00000173. The van der Waals surface area contributed by atoms with E-state index in [0.717, 1.165) is 23.8 Å². The monoisotopic (exact) mass is 882 g/mol. The molecule has 0 unspecified atom stereocenters. The number of carboxylic acids is 2. The molecular weight excluding hydrogens is 827 g/mol. The molecule has 0 aliphatic heterocycles. The number of carboxylic acid groups (broad SMARTS) is 2. The van der Waals surface area contributed by atoms with Gasteiger partial charge in [0, 0.05) is 49.5 Å². The summed E-state index contributed by atoms with van der Waals surface area (Å²) in [6, 6.07) is 9.84. The van der Waals surface area contributed by atoms with Crippen LogP contribution in [0.4, 0.5) is 22.0 Å². The highest BCUT2D eigenvalue weighted by molar-refractivity contribution is 5.90. The van der Waals surface area contributed by atoms with Crippen LogP contribution in [0.5, 0.6) is 0 Å². The molecule has 20 heteroatoms. The molecule has 2 aromatic carbocycles. The van der Waals surface area contributed by atoms with Crippen molar-refractivity contribution in [3.63, 3.8) is 0 Å². The van der Waals surface area contributed by atoms with Gasteiger partial charge in [0.1, 0.15) is 24.3 Å². The lowest BCUT2D eigenvalue weighted by Crippen LogP contribution is -2.51. The zero-order chi connectivity index (χ0) is 46.9. The van der Waals surface area contributed by atoms with E-state index in [0.29, 0.717) is 43.6 Å². The summed E-state index contributed by atoms with van der Waals surface area (Å²) in [7, 11) is 0. The van der Waals surface area contributed by atoms with Crippen molar-refractivity contribution >= 4 is 35.4 Å². The smallest absolute Gasteiger partial charge is 0.480 e. The molecule has 0 spiro atoms. The lowest BCUT2D eigenvalue weighted by Gasteiger charge is -2.41. The van der Waals surface area contributed by atoms with Crippen LogP contribution in [0.1, 0.15) is 83.5 Å². The summed E-state index contributed by atoms with van der Waals surface area (Å²) in [5.74, 6) is -7.72. The second-order valence-electron chi connectivity index (χ2n) is 15.5.